The number of nitrogens with one attached hydrogen (secondary N) is 1. The van der Waals surface area contributed by atoms with Gasteiger partial charge in [0.25, 0.3) is 5.56 Å². The van der Waals surface area contributed by atoms with Crippen LogP contribution in [0.5, 0.6) is 0 Å². The number of aromatic amines is 1. The van der Waals surface area contributed by atoms with E-state index >= 15 is 0 Å². The van der Waals surface area contributed by atoms with Gasteiger partial charge in [0.2, 0.25) is 0 Å². The number of aromatic nitrogens is 3. The Hall–Kier alpha value is -2.46. The van der Waals surface area contributed by atoms with E-state index in [2.05, 4.69) is 15.0 Å². The Kier molecular flexibility index (Phi) is 3.79. The summed E-state index contributed by atoms with van der Waals surface area (Å²) in [5.74, 6) is 0.586. The minimum absolute atomic E-state index is 0.182. The van der Waals surface area contributed by atoms with Crippen molar-refractivity contribution in [1.29, 1.82) is 0 Å². The maximum Gasteiger partial charge on any atom is 0.251 e. The van der Waals surface area contributed by atoms with Crippen LogP contribution in [0.15, 0.2) is 59.7 Å². The van der Waals surface area contributed by atoms with Gasteiger partial charge >= 0.3 is 0 Å². The number of rotatable bonds is 3. The molecule has 3 aromatic rings. The number of nitrogens with zero attached hydrogens (tertiary/aromatic N) is 2. The van der Waals surface area contributed by atoms with E-state index < -0.39 is 0 Å². The maximum absolute atomic E-state index is 11.8. The molecule has 1 N–H and O–H groups in total. The van der Waals surface area contributed by atoms with E-state index in [1.54, 1.807) is 12.4 Å². The molecule has 0 saturated heterocycles. The van der Waals surface area contributed by atoms with Gasteiger partial charge in [-0.3, -0.25) is 9.78 Å². The fourth-order valence-corrected chi connectivity index (χ4v) is 2.29. The lowest BCUT2D eigenvalue weighted by Gasteiger charge is -2.06. The maximum atomic E-state index is 11.8. The summed E-state index contributed by atoms with van der Waals surface area (Å²) in [6.07, 6.45) is 3.83. The standard InChI is InChI=1S/C16H12ClN3O/c17-13-4-2-1-3-12(13)9-15-19-14(10-16(21)20-15)11-5-7-18-8-6-11/h1-8,10H,9H2,(H,19,20,21). The number of halogens is 1. The molecule has 0 aliphatic rings. The Bertz CT molecular complexity index is 815. The number of hydrogen-bond donors (Lipinski definition) is 1. The smallest absolute Gasteiger partial charge is 0.251 e. The second kappa shape index (κ2) is 5.89. The summed E-state index contributed by atoms with van der Waals surface area (Å²) in [5.41, 5.74) is 2.23. The fraction of sp³-hybridized carbons (Fsp3) is 0.0625. The highest BCUT2D eigenvalue weighted by molar-refractivity contribution is 6.31. The molecular weight excluding hydrogens is 286 g/mol. The molecule has 0 spiro atoms. The number of hydrogen-bond acceptors (Lipinski definition) is 3. The topological polar surface area (TPSA) is 58.6 Å². The average Bonchev–Trinajstić information content (AvgIpc) is 2.50. The molecule has 0 atom stereocenters. The highest BCUT2D eigenvalue weighted by Crippen LogP contribution is 2.18. The van der Waals surface area contributed by atoms with Crippen LogP contribution in [0.4, 0.5) is 0 Å². The molecule has 0 unspecified atom stereocenters. The minimum atomic E-state index is -0.182. The normalized spacial score (nSPS) is 10.5. The van der Waals surface area contributed by atoms with Gasteiger partial charge in [-0.2, -0.15) is 0 Å². The Morgan fingerprint density at radius 1 is 1.10 bits per heavy atom. The van der Waals surface area contributed by atoms with Crippen LogP contribution >= 0.6 is 11.6 Å². The quantitative estimate of drug-likeness (QED) is 0.808. The summed E-state index contributed by atoms with van der Waals surface area (Å²) in [6.45, 7) is 0. The second-order valence-corrected chi connectivity index (χ2v) is 4.99. The Balaban J connectivity index is 1.99. The zero-order chi connectivity index (χ0) is 14.7. The molecule has 0 amide bonds. The predicted molar refractivity (Wildman–Crippen MR) is 82.3 cm³/mol. The Labute approximate surface area is 126 Å². The largest absolute Gasteiger partial charge is 0.310 e. The van der Waals surface area contributed by atoms with Gasteiger partial charge in [-0.05, 0) is 23.8 Å². The first-order chi connectivity index (χ1) is 10.2. The summed E-state index contributed by atoms with van der Waals surface area (Å²) < 4.78 is 0. The molecule has 0 aliphatic heterocycles. The SMILES string of the molecule is O=c1cc(-c2ccncc2)nc(Cc2ccccc2Cl)[nH]1. The van der Waals surface area contributed by atoms with Crippen LogP contribution in [0.2, 0.25) is 5.02 Å². The van der Waals surface area contributed by atoms with E-state index in [0.29, 0.717) is 23.0 Å². The summed E-state index contributed by atoms with van der Waals surface area (Å²) >= 11 is 6.14. The Morgan fingerprint density at radius 2 is 1.86 bits per heavy atom. The third kappa shape index (κ3) is 3.17. The molecule has 0 fully saturated rings. The van der Waals surface area contributed by atoms with Crippen LogP contribution in [0.1, 0.15) is 11.4 Å². The van der Waals surface area contributed by atoms with E-state index in [-0.39, 0.29) is 5.56 Å². The van der Waals surface area contributed by atoms with Crippen molar-refractivity contribution >= 4 is 11.6 Å². The van der Waals surface area contributed by atoms with E-state index in [0.717, 1.165) is 11.1 Å². The van der Waals surface area contributed by atoms with Gasteiger partial charge in [-0.15, -0.1) is 0 Å². The zero-order valence-corrected chi connectivity index (χ0v) is 11.8. The molecule has 2 aromatic heterocycles. The molecule has 2 heterocycles. The highest BCUT2D eigenvalue weighted by Gasteiger charge is 2.06. The number of benzene rings is 1. The first-order valence-electron chi connectivity index (χ1n) is 6.46. The average molecular weight is 298 g/mol. The Morgan fingerprint density at radius 3 is 2.62 bits per heavy atom. The van der Waals surface area contributed by atoms with Gasteiger partial charge in [0.05, 0.1) is 5.69 Å². The van der Waals surface area contributed by atoms with Crippen LogP contribution in [-0.4, -0.2) is 15.0 Å². The van der Waals surface area contributed by atoms with Gasteiger partial charge in [-0.1, -0.05) is 29.8 Å². The molecule has 5 heteroatoms. The molecule has 0 radical (unpaired) electrons. The van der Waals surface area contributed by atoms with Gasteiger partial charge in [0.15, 0.2) is 0 Å². The van der Waals surface area contributed by atoms with Crippen molar-refractivity contribution in [3.8, 4) is 11.3 Å². The molecular formula is C16H12ClN3O. The van der Waals surface area contributed by atoms with Gasteiger partial charge < -0.3 is 4.98 Å². The van der Waals surface area contributed by atoms with Gasteiger partial charge in [0, 0.05) is 35.5 Å². The lowest BCUT2D eigenvalue weighted by atomic mass is 10.1. The van der Waals surface area contributed by atoms with E-state index in [1.807, 2.05) is 36.4 Å². The lowest BCUT2D eigenvalue weighted by Crippen LogP contribution is -2.11. The molecule has 3 rings (SSSR count). The van der Waals surface area contributed by atoms with Crippen molar-refractivity contribution < 1.29 is 0 Å². The summed E-state index contributed by atoms with van der Waals surface area (Å²) in [5, 5.41) is 0.662. The lowest BCUT2D eigenvalue weighted by molar-refractivity contribution is 0.950. The summed E-state index contributed by atoms with van der Waals surface area (Å²) in [4.78, 5) is 23.0. The molecule has 1 aromatic carbocycles. The van der Waals surface area contributed by atoms with E-state index in [1.165, 1.54) is 6.07 Å². The first-order valence-corrected chi connectivity index (χ1v) is 6.84. The summed E-state index contributed by atoms with van der Waals surface area (Å²) in [7, 11) is 0. The van der Waals surface area contributed by atoms with Gasteiger partial charge in [-0.25, -0.2) is 4.98 Å². The van der Waals surface area contributed by atoms with Crippen molar-refractivity contribution in [1.82, 2.24) is 15.0 Å². The van der Waals surface area contributed by atoms with Crippen LogP contribution in [-0.2, 0) is 6.42 Å². The molecule has 0 saturated carbocycles. The molecule has 21 heavy (non-hydrogen) atoms. The van der Waals surface area contributed by atoms with Crippen molar-refractivity contribution in [3.63, 3.8) is 0 Å². The first kappa shape index (κ1) is 13.5. The van der Waals surface area contributed by atoms with Crippen molar-refractivity contribution in [3.05, 3.63) is 81.6 Å². The summed E-state index contributed by atoms with van der Waals surface area (Å²) in [6, 6.07) is 12.6. The van der Waals surface area contributed by atoms with E-state index in [9.17, 15) is 4.79 Å². The third-order valence-electron chi connectivity index (χ3n) is 3.08. The van der Waals surface area contributed by atoms with Gasteiger partial charge in [0.1, 0.15) is 5.82 Å². The number of pyridine rings is 1. The predicted octanol–water partition coefficient (Wildman–Crippen LogP) is 3.08. The number of H-pyrrole nitrogens is 1. The molecule has 0 bridgehead atoms. The highest BCUT2D eigenvalue weighted by atomic mass is 35.5. The molecule has 0 aliphatic carbocycles. The van der Waals surface area contributed by atoms with Crippen LogP contribution in [0.25, 0.3) is 11.3 Å². The monoisotopic (exact) mass is 297 g/mol. The fourth-order valence-electron chi connectivity index (χ4n) is 2.08. The van der Waals surface area contributed by atoms with Crippen molar-refractivity contribution in [2.45, 2.75) is 6.42 Å². The molecule has 104 valence electrons. The second-order valence-electron chi connectivity index (χ2n) is 4.58. The zero-order valence-electron chi connectivity index (χ0n) is 11.1. The minimum Gasteiger partial charge on any atom is -0.310 e. The van der Waals surface area contributed by atoms with Crippen LogP contribution in [0.3, 0.4) is 0 Å². The van der Waals surface area contributed by atoms with E-state index in [4.69, 9.17) is 11.6 Å². The van der Waals surface area contributed by atoms with Crippen LogP contribution in [0, 0.1) is 0 Å². The molecule has 4 nitrogen and oxygen atoms in total. The van der Waals surface area contributed by atoms with Crippen molar-refractivity contribution in [2.24, 2.45) is 0 Å². The van der Waals surface area contributed by atoms with Crippen LogP contribution < -0.4 is 5.56 Å². The van der Waals surface area contributed by atoms with Crippen molar-refractivity contribution in [2.75, 3.05) is 0 Å². The third-order valence-corrected chi connectivity index (χ3v) is 3.45.